The molecule has 0 aliphatic carbocycles. The van der Waals surface area contributed by atoms with Crippen LogP contribution in [0.1, 0.15) is 27.0 Å². The van der Waals surface area contributed by atoms with Gasteiger partial charge < -0.3 is 9.67 Å². The van der Waals surface area contributed by atoms with E-state index in [1.807, 2.05) is 30.3 Å². The largest absolute Gasteiger partial charge is 0.477 e. The molecule has 24 heavy (non-hydrogen) atoms. The Hall–Kier alpha value is -2.88. The Bertz CT molecular complexity index is 986. The molecule has 122 valence electrons. The van der Waals surface area contributed by atoms with Gasteiger partial charge >= 0.3 is 5.97 Å². The molecule has 0 saturated heterocycles. The highest BCUT2D eigenvalue weighted by atomic mass is 16.4. The van der Waals surface area contributed by atoms with Gasteiger partial charge in [0.2, 0.25) is 0 Å². The fraction of sp³-hybridized carbons (Fsp3) is 0.200. The number of aromatic nitrogens is 1. The normalized spacial score (nSPS) is 10.9. The van der Waals surface area contributed by atoms with Crippen LogP contribution in [0.5, 0.6) is 0 Å². The van der Waals surface area contributed by atoms with E-state index in [9.17, 15) is 14.7 Å². The van der Waals surface area contributed by atoms with Gasteiger partial charge in [0.1, 0.15) is 5.56 Å². The maximum Gasteiger partial charge on any atom is 0.341 e. The summed E-state index contributed by atoms with van der Waals surface area (Å²) in [5.74, 6) is -1.19. The minimum atomic E-state index is -1.19. The van der Waals surface area contributed by atoms with Crippen molar-refractivity contribution in [2.75, 3.05) is 0 Å². The van der Waals surface area contributed by atoms with E-state index in [1.54, 1.807) is 4.57 Å². The summed E-state index contributed by atoms with van der Waals surface area (Å²) in [6.07, 6.45) is 0.681. The van der Waals surface area contributed by atoms with Gasteiger partial charge in [0, 0.05) is 6.54 Å². The Labute approximate surface area is 140 Å². The molecule has 0 spiro atoms. The van der Waals surface area contributed by atoms with Crippen LogP contribution in [-0.4, -0.2) is 15.6 Å². The number of para-hydroxylation sites is 1. The molecule has 2 aromatic carbocycles. The van der Waals surface area contributed by atoms with E-state index < -0.39 is 11.5 Å². The monoisotopic (exact) mass is 321 g/mol. The fourth-order valence-electron chi connectivity index (χ4n) is 3.02. The SMILES string of the molecule is Cc1cccc(CCn2c(=O)c(C(=O)O)cc3ccccc32)c1C. The Kier molecular flexibility index (Phi) is 4.21. The first kappa shape index (κ1) is 16.0. The predicted molar refractivity (Wildman–Crippen MR) is 94.8 cm³/mol. The topological polar surface area (TPSA) is 59.3 Å². The molecule has 0 fully saturated rings. The van der Waals surface area contributed by atoms with Crippen LogP contribution in [0.15, 0.2) is 53.3 Å². The van der Waals surface area contributed by atoms with Crippen LogP contribution in [0.4, 0.5) is 0 Å². The zero-order valence-corrected chi connectivity index (χ0v) is 13.7. The predicted octanol–water partition coefficient (Wildman–Crippen LogP) is 3.56. The lowest BCUT2D eigenvalue weighted by Gasteiger charge is -2.13. The van der Waals surface area contributed by atoms with Crippen LogP contribution < -0.4 is 5.56 Å². The number of carboxylic acid groups (broad SMARTS) is 1. The average Bonchev–Trinajstić information content (AvgIpc) is 2.57. The Morgan fingerprint density at radius 1 is 1.08 bits per heavy atom. The van der Waals surface area contributed by atoms with E-state index in [4.69, 9.17) is 0 Å². The molecule has 4 heteroatoms. The second kappa shape index (κ2) is 6.32. The van der Waals surface area contributed by atoms with Crippen LogP contribution in [-0.2, 0) is 13.0 Å². The molecule has 0 amide bonds. The molecule has 1 heterocycles. The minimum Gasteiger partial charge on any atom is -0.477 e. The summed E-state index contributed by atoms with van der Waals surface area (Å²) in [6.45, 7) is 4.58. The van der Waals surface area contributed by atoms with Gasteiger partial charge in [-0.15, -0.1) is 0 Å². The molecule has 0 bridgehead atoms. The highest BCUT2D eigenvalue weighted by Crippen LogP contribution is 2.17. The maximum atomic E-state index is 12.6. The zero-order valence-electron chi connectivity index (χ0n) is 13.7. The van der Waals surface area contributed by atoms with E-state index in [2.05, 4.69) is 26.0 Å². The molecule has 1 aromatic heterocycles. The second-order valence-electron chi connectivity index (χ2n) is 5.99. The number of carboxylic acids is 1. The maximum absolute atomic E-state index is 12.6. The molecule has 1 N–H and O–H groups in total. The fourth-order valence-corrected chi connectivity index (χ4v) is 3.02. The molecule has 0 unspecified atom stereocenters. The van der Waals surface area contributed by atoms with Crippen LogP contribution in [0.2, 0.25) is 0 Å². The van der Waals surface area contributed by atoms with Crippen molar-refractivity contribution in [2.45, 2.75) is 26.8 Å². The van der Waals surface area contributed by atoms with Crippen molar-refractivity contribution in [1.82, 2.24) is 4.57 Å². The van der Waals surface area contributed by atoms with E-state index in [0.717, 1.165) is 10.9 Å². The minimum absolute atomic E-state index is 0.185. The number of pyridine rings is 1. The molecule has 0 saturated carbocycles. The van der Waals surface area contributed by atoms with Gasteiger partial charge in [-0.2, -0.15) is 0 Å². The Morgan fingerprint density at radius 2 is 1.83 bits per heavy atom. The van der Waals surface area contributed by atoms with Crippen molar-refractivity contribution >= 4 is 16.9 Å². The number of carbonyl (C=O) groups is 1. The standard InChI is InChI=1S/C20H19NO3/c1-13-6-5-8-15(14(13)2)10-11-21-18-9-4-3-7-16(18)12-17(19(21)22)20(23)24/h3-9,12H,10-11H2,1-2H3,(H,23,24). The summed E-state index contributed by atoms with van der Waals surface area (Å²) >= 11 is 0. The van der Waals surface area contributed by atoms with Crippen molar-refractivity contribution in [1.29, 1.82) is 0 Å². The summed E-state index contributed by atoms with van der Waals surface area (Å²) in [4.78, 5) is 24.0. The van der Waals surface area contributed by atoms with Crippen molar-refractivity contribution in [2.24, 2.45) is 0 Å². The van der Waals surface area contributed by atoms with Gasteiger partial charge in [0.25, 0.3) is 5.56 Å². The summed E-state index contributed by atoms with van der Waals surface area (Å²) in [5.41, 5.74) is 3.72. The Balaban J connectivity index is 2.08. The first-order valence-corrected chi connectivity index (χ1v) is 7.90. The molecular weight excluding hydrogens is 302 g/mol. The highest BCUT2D eigenvalue weighted by molar-refractivity contribution is 5.92. The molecule has 0 aliphatic rings. The van der Waals surface area contributed by atoms with Crippen LogP contribution in [0.25, 0.3) is 10.9 Å². The lowest BCUT2D eigenvalue weighted by Crippen LogP contribution is -2.27. The third-order valence-corrected chi connectivity index (χ3v) is 4.55. The van der Waals surface area contributed by atoms with Gasteiger partial charge in [-0.05, 0) is 54.5 Å². The number of benzene rings is 2. The van der Waals surface area contributed by atoms with Crippen LogP contribution in [0.3, 0.4) is 0 Å². The second-order valence-corrected chi connectivity index (χ2v) is 5.99. The summed E-state index contributed by atoms with van der Waals surface area (Å²) in [5, 5.41) is 10.1. The average molecular weight is 321 g/mol. The summed E-state index contributed by atoms with van der Waals surface area (Å²) in [7, 11) is 0. The van der Waals surface area contributed by atoms with Crippen LogP contribution >= 0.6 is 0 Å². The van der Waals surface area contributed by atoms with Crippen molar-refractivity contribution in [3.63, 3.8) is 0 Å². The summed E-state index contributed by atoms with van der Waals surface area (Å²) < 4.78 is 1.57. The van der Waals surface area contributed by atoms with Crippen LogP contribution in [0, 0.1) is 13.8 Å². The number of nitrogens with zero attached hydrogens (tertiary/aromatic N) is 1. The van der Waals surface area contributed by atoms with Gasteiger partial charge in [-0.25, -0.2) is 4.79 Å². The number of fused-ring (bicyclic) bond motifs is 1. The van der Waals surface area contributed by atoms with E-state index in [-0.39, 0.29) is 5.56 Å². The van der Waals surface area contributed by atoms with Gasteiger partial charge in [0.05, 0.1) is 5.52 Å². The van der Waals surface area contributed by atoms with E-state index in [1.165, 1.54) is 22.8 Å². The lowest BCUT2D eigenvalue weighted by molar-refractivity contribution is 0.0694. The highest BCUT2D eigenvalue weighted by Gasteiger charge is 2.14. The lowest BCUT2D eigenvalue weighted by atomic mass is 10.0. The first-order valence-electron chi connectivity index (χ1n) is 7.90. The van der Waals surface area contributed by atoms with Gasteiger partial charge in [-0.3, -0.25) is 4.79 Å². The van der Waals surface area contributed by atoms with Gasteiger partial charge in [-0.1, -0.05) is 36.4 Å². The molecular formula is C20H19NO3. The molecule has 3 aromatic rings. The molecule has 4 nitrogen and oxygen atoms in total. The first-order chi connectivity index (χ1) is 11.5. The molecule has 0 atom stereocenters. The molecule has 0 aliphatic heterocycles. The third-order valence-electron chi connectivity index (χ3n) is 4.55. The number of hydrogen-bond donors (Lipinski definition) is 1. The third kappa shape index (κ3) is 2.83. The molecule has 3 rings (SSSR count). The smallest absolute Gasteiger partial charge is 0.341 e. The number of aromatic carboxylic acids is 1. The van der Waals surface area contributed by atoms with E-state index in [0.29, 0.717) is 13.0 Å². The van der Waals surface area contributed by atoms with Gasteiger partial charge in [0.15, 0.2) is 0 Å². The zero-order chi connectivity index (χ0) is 17.3. The number of hydrogen-bond acceptors (Lipinski definition) is 2. The quantitative estimate of drug-likeness (QED) is 0.799. The van der Waals surface area contributed by atoms with Crippen molar-refractivity contribution in [3.05, 3.63) is 81.1 Å². The number of rotatable bonds is 4. The van der Waals surface area contributed by atoms with E-state index >= 15 is 0 Å². The molecule has 0 radical (unpaired) electrons. The van der Waals surface area contributed by atoms with Crippen molar-refractivity contribution < 1.29 is 9.90 Å². The number of aryl methyl sites for hydroxylation is 3. The summed E-state index contributed by atoms with van der Waals surface area (Å²) in [6, 6.07) is 15.0. The Morgan fingerprint density at radius 3 is 2.58 bits per heavy atom. The van der Waals surface area contributed by atoms with Crippen molar-refractivity contribution in [3.8, 4) is 0 Å².